The lowest BCUT2D eigenvalue weighted by atomic mass is 10.1. The number of aromatic nitrogens is 1. The van der Waals surface area contributed by atoms with E-state index in [2.05, 4.69) is 20.9 Å². The quantitative estimate of drug-likeness (QED) is 0.250. The molecule has 6 rings (SSSR count). The van der Waals surface area contributed by atoms with Crippen molar-refractivity contribution in [3.05, 3.63) is 103 Å². The van der Waals surface area contributed by atoms with Crippen LogP contribution in [0.1, 0.15) is 15.2 Å². The van der Waals surface area contributed by atoms with Crippen molar-refractivity contribution in [3.8, 4) is 0 Å². The zero-order chi connectivity index (χ0) is 26.8. The number of fused-ring (bicyclic) bond motifs is 1. The van der Waals surface area contributed by atoms with Gasteiger partial charge in [0.2, 0.25) is 0 Å². The number of hydrogen-bond donors (Lipinski definition) is 3. The summed E-state index contributed by atoms with van der Waals surface area (Å²) in [4.78, 5) is 44.6. The molecule has 0 spiro atoms. The minimum Gasteiger partial charge on any atom is -0.380 e. The van der Waals surface area contributed by atoms with Crippen LogP contribution in [0, 0.1) is 0 Å². The summed E-state index contributed by atoms with van der Waals surface area (Å²) in [7, 11) is 0. The van der Waals surface area contributed by atoms with Gasteiger partial charge in [-0.05, 0) is 47.3 Å². The predicted octanol–water partition coefficient (Wildman–Crippen LogP) is 4.34. The Hall–Kier alpha value is -4.54. The van der Waals surface area contributed by atoms with Gasteiger partial charge >= 0.3 is 0 Å². The van der Waals surface area contributed by atoms with Gasteiger partial charge < -0.3 is 25.6 Å². The molecule has 0 radical (unpaired) electrons. The molecule has 1 amide bonds. The lowest BCUT2D eigenvalue weighted by Gasteiger charge is -2.30. The van der Waals surface area contributed by atoms with Gasteiger partial charge in [-0.15, -0.1) is 11.3 Å². The number of rotatable bonds is 8. The monoisotopic (exact) mass is 539 g/mol. The summed E-state index contributed by atoms with van der Waals surface area (Å²) in [5.74, 6) is -0.243. The third-order valence-corrected chi connectivity index (χ3v) is 7.60. The third-order valence-electron chi connectivity index (χ3n) is 6.68. The van der Waals surface area contributed by atoms with Gasteiger partial charge in [0.1, 0.15) is 16.3 Å². The number of para-hydroxylation sites is 1. The van der Waals surface area contributed by atoms with Crippen LogP contribution >= 0.6 is 11.3 Å². The van der Waals surface area contributed by atoms with Crippen LogP contribution in [-0.4, -0.2) is 37.2 Å². The summed E-state index contributed by atoms with van der Waals surface area (Å²) >= 11 is 1.35. The smallest absolute Gasteiger partial charge is 0.267 e. The summed E-state index contributed by atoms with van der Waals surface area (Å²) in [5.41, 5.74) is 3.57. The average molecular weight is 540 g/mol. The molecular formula is C29H25N5O4S. The molecule has 3 N–H and O–H groups in total. The van der Waals surface area contributed by atoms with Crippen LogP contribution < -0.4 is 31.7 Å². The first-order valence-electron chi connectivity index (χ1n) is 12.6. The third kappa shape index (κ3) is 4.99. The van der Waals surface area contributed by atoms with E-state index in [1.165, 1.54) is 11.3 Å². The van der Waals surface area contributed by atoms with Crippen molar-refractivity contribution in [2.24, 2.45) is 0 Å². The molecule has 5 aromatic rings. The second kappa shape index (κ2) is 10.7. The van der Waals surface area contributed by atoms with Crippen molar-refractivity contribution in [1.82, 2.24) is 4.98 Å². The molecule has 196 valence electrons. The Balaban J connectivity index is 1.14. The number of pyridine rings is 1. The maximum atomic E-state index is 13.2. The van der Waals surface area contributed by atoms with Crippen molar-refractivity contribution >= 4 is 56.6 Å². The Labute approximate surface area is 227 Å². The zero-order valence-electron chi connectivity index (χ0n) is 20.9. The molecule has 1 saturated heterocycles. The number of anilines is 5. The van der Waals surface area contributed by atoms with Gasteiger partial charge in [-0.1, -0.05) is 24.3 Å². The Morgan fingerprint density at radius 3 is 2.67 bits per heavy atom. The van der Waals surface area contributed by atoms with E-state index in [1.54, 1.807) is 30.5 Å². The van der Waals surface area contributed by atoms with E-state index in [9.17, 15) is 14.4 Å². The highest BCUT2D eigenvalue weighted by molar-refractivity contribution is 7.12. The van der Waals surface area contributed by atoms with Gasteiger partial charge in [-0.25, -0.2) is 0 Å². The molecule has 0 saturated carbocycles. The largest absolute Gasteiger partial charge is 0.380 e. The summed E-state index contributed by atoms with van der Waals surface area (Å²) in [5, 5.41) is 12.3. The maximum absolute atomic E-state index is 13.2. The fourth-order valence-electron chi connectivity index (χ4n) is 4.72. The molecule has 0 unspecified atom stereocenters. The lowest BCUT2D eigenvalue weighted by molar-refractivity contribution is 0.103. The minimum atomic E-state index is -0.540. The summed E-state index contributed by atoms with van der Waals surface area (Å²) in [6.07, 6.45) is 1.79. The zero-order valence-corrected chi connectivity index (χ0v) is 21.7. The number of nitrogens with one attached hydrogen (secondary N) is 3. The van der Waals surface area contributed by atoms with E-state index in [4.69, 9.17) is 4.74 Å². The molecule has 2 aromatic heterocycles. The van der Waals surface area contributed by atoms with Crippen molar-refractivity contribution in [2.45, 2.75) is 6.54 Å². The summed E-state index contributed by atoms with van der Waals surface area (Å²) in [6, 6.07) is 18.9. The van der Waals surface area contributed by atoms with Gasteiger partial charge in [0, 0.05) is 42.6 Å². The van der Waals surface area contributed by atoms with E-state index in [0.717, 1.165) is 22.2 Å². The molecule has 1 aliphatic rings. The SMILES string of the molecule is O=C(Nc1cccc(Nc2c(N3CCOCC3)c(=O)c2=O)c1)c1sccc1NCc1ccnc2ccccc12. The highest BCUT2D eigenvalue weighted by Crippen LogP contribution is 2.28. The van der Waals surface area contributed by atoms with Crippen LogP contribution in [0.2, 0.25) is 0 Å². The Bertz CT molecular complexity index is 1730. The second-order valence-corrected chi connectivity index (χ2v) is 10.1. The Morgan fingerprint density at radius 1 is 0.974 bits per heavy atom. The number of nitrogens with zero attached hydrogens (tertiary/aromatic N) is 2. The van der Waals surface area contributed by atoms with Crippen LogP contribution in [0.4, 0.5) is 28.4 Å². The highest BCUT2D eigenvalue weighted by atomic mass is 32.1. The molecule has 3 aromatic carbocycles. The van der Waals surface area contributed by atoms with Crippen molar-refractivity contribution in [3.63, 3.8) is 0 Å². The fourth-order valence-corrected chi connectivity index (χ4v) is 5.48. The van der Waals surface area contributed by atoms with E-state index in [1.807, 2.05) is 46.7 Å². The second-order valence-electron chi connectivity index (χ2n) is 9.15. The van der Waals surface area contributed by atoms with Crippen LogP contribution in [-0.2, 0) is 11.3 Å². The van der Waals surface area contributed by atoms with Crippen LogP contribution in [0.25, 0.3) is 10.9 Å². The maximum Gasteiger partial charge on any atom is 0.267 e. The summed E-state index contributed by atoms with van der Waals surface area (Å²) < 4.78 is 5.35. The number of amides is 1. The first-order valence-corrected chi connectivity index (χ1v) is 13.4. The van der Waals surface area contributed by atoms with E-state index >= 15 is 0 Å². The Kier molecular flexibility index (Phi) is 6.78. The predicted molar refractivity (Wildman–Crippen MR) is 155 cm³/mol. The van der Waals surface area contributed by atoms with Gasteiger partial charge in [0.15, 0.2) is 0 Å². The number of hydrogen-bond acceptors (Lipinski definition) is 9. The molecule has 3 heterocycles. The number of benzene rings is 2. The molecular weight excluding hydrogens is 514 g/mol. The normalized spacial score (nSPS) is 13.5. The molecule has 0 atom stereocenters. The lowest BCUT2D eigenvalue weighted by Crippen LogP contribution is -2.46. The molecule has 1 aliphatic heterocycles. The fraction of sp³-hybridized carbons (Fsp3) is 0.172. The Morgan fingerprint density at radius 2 is 1.79 bits per heavy atom. The first kappa shape index (κ1) is 24.8. The van der Waals surface area contributed by atoms with Gasteiger partial charge in [-0.2, -0.15) is 0 Å². The molecule has 0 aliphatic carbocycles. The van der Waals surface area contributed by atoms with Gasteiger partial charge in [0.25, 0.3) is 16.8 Å². The van der Waals surface area contributed by atoms with Crippen LogP contribution in [0.3, 0.4) is 0 Å². The molecule has 9 nitrogen and oxygen atoms in total. The standard InChI is InChI=1S/C29H25N5O4S/c35-26-24(25(27(26)36)34-11-13-38-14-12-34)32-19-4-3-5-20(16-19)33-29(37)28-23(9-15-39-28)31-17-18-8-10-30-22-7-2-1-6-21(18)22/h1-10,15-16,31-32H,11-14,17H2,(H,33,37). The molecule has 39 heavy (non-hydrogen) atoms. The number of thiophene rings is 1. The van der Waals surface area contributed by atoms with Crippen molar-refractivity contribution in [1.29, 1.82) is 0 Å². The highest BCUT2D eigenvalue weighted by Gasteiger charge is 2.27. The summed E-state index contributed by atoms with van der Waals surface area (Å²) in [6.45, 7) is 2.69. The minimum absolute atomic E-state index is 0.243. The molecule has 0 bridgehead atoms. The topological polar surface area (TPSA) is 113 Å². The van der Waals surface area contributed by atoms with Gasteiger partial charge in [-0.3, -0.25) is 19.4 Å². The number of morpholine rings is 1. The van der Waals surface area contributed by atoms with E-state index in [0.29, 0.717) is 54.8 Å². The van der Waals surface area contributed by atoms with E-state index < -0.39 is 10.9 Å². The molecule has 1 fully saturated rings. The number of carbonyl (C=O) groups excluding carboxylic acids is 1. The van der Waals surface area contributed by atoms with E-state index in [-0.39, 0.29) is 11.6 Å². The molecule has 10 heteroatoms. The first-order chi connectivity index (χ1) is 19.1. The number of ether oxygens (including phenoxy) is 1. The number of carbonyl (C=O) groups is 1. The van der Waals surface area contributed by atoms with Crippen molar-refractivity contribution < 1.29 is 9.53 Å². The van der Waals surface area contributed by atoms with Crippen LogP contribution in [0.5, 0.6) is 0 Å². The van der Waals surface area contributed by atoms with Crippen molar-refractivity contribution in [2.75, 3.05) is 47.2 Å². The van der Waals surface area contributed by atoms with Crippen LogP contribution in [0.15, 0.2) is 81.8 Å². The average Bonchev–Trinajstić information content (AvgIpc) is 3.45. The van der Waals surface area contributed by atoms with Gasteiger partial charge in [0.05, 0.1) is 24.4 Å².